The third-order valence-corrected chi connectivity index (χ3v) is 2.38. The molecule has 0 spiro atoms. The van der Waals surface area contributed by atoms with Crippen molar-refractivity contribution >= 4 is 12.0 Å². The zero-order valence-corrected chi connectivity index (χ0v) is 10.9. The molecule has 0 aromatic rings. The molecular formula is C11H22N2O5. The Morgan fingerprint density at radius 3 is 2.56 bits per heavy atom. The molecule has 0 aliphatic heterocycles. The topological polar surface area (TPSA) is 99.1 Å². The van der Waals surface area contributed by atoms with Crippen LogP contribution in [0, 0.1) is 0 Å². The van der Waals surface area contributed by atoms with Crippen LogP contribution < -0.4 is 5.32 Å². The highest BCUT2D eigenvalue weighted by Crippen LogP contribution is 1.98. The number of methoxy groups -OCH3 is 1. The molecule has 18 heavy (non-hydrogen) atoms. The fraction of sp³-hybridized carbons (Fsp3) is 0.818. The summed E-state index contributed by atoms with van der Waals surface area (Å²) in [5, 5.41) is 20.1. The first kappa shape index (κ1) is 16.7. The number of carboxylic acids is 1. The highest BCUT2D eigenvalue weighted by molar-refractivity contribution is 5.74. The smallest absolute Gasteiger partial charge is 0.317 e. The SMILES string of the molecule is COCCN(CCO)C(=O)NC(C)CCC(=O)O. The van der Waals surface area contributed by atoms with Crippen molar-refractivity contribution in [3.8, 4) is 0 Å². The molecule has 7 nitrogen and oxygen atoms in total. The summed E-state index contributed by atoms with van der Waals surface area (Å²) >= 11 is 0. The number of urea groups is 1. The fourth-order valence-electron chi connectivity index (χ4n) is 1.35. The predicted molar refractivity (Wildman–Crippen MR) is 65.4 cm³/mol. The lowest BCUT2D eigenvalue weighted by Gasteiger charge is -2.24. The van der Waals surface area contributed by atoms with E-state index in [1.165, 1.54) is 12.0 Å². The molecule has 0 fully saturated rings. The maximum atomic E-state index is 11.8. The minimum absolute atomic E-state index is 0.0134. The summed E-state index contributed by atoms with van der Waals surface area (Å²) in [6.07, 6.45) is 0.387. The number of hydrogen-bond donors (Lipinski definition) is 3. The van der Waals surface area contributed by atoms with Gasteiger partial charge in [-0.15, -0.1) is 0 Å². The Kier molecular flexibility index (Phi) is 8.95. The number of amides is 2. The monoisotopic (exact) mass is 262 g/mol. The molecule has 7 heteroatoms. The van der Waals surface area contributed by atoms with Crippen molar-refractivity contribution in [3.63, 3.8) is 0 Å². The van der Waals surface area contributed by atoms with E-state index in [2.05, 4.69) is 5.32 Å². The van der Waals surface area contributed by atoms with E-state index in [4.69, 9.17) is 14.9 Å². The van der Waals surface area contributed by atoms with Crippen molar-refractivity contribution in [1.82, 2.24) is 10.2 Å². The van der Waals surface area contributed by atoms with Crippen LogP contribution >= 0.6 is 0 Å². The molecule has 0 radical (unpaired) electrons. The van der Waals surface area contributed by atoms with Gasteiger partial charge >= 0.3 is 12.0 Å². The number of rotatable bonds is 9. The van der Waals surface area contributed by atoms with Gasteiger partial charge in [-0.2, -0.15) is 0 Å². The van der Waals surface area contributed by atoms with Gasteiger partial charge in [-0.1, -0.05) is 0 Å². The second kappa shape index (κ2) is 9.67. The van der Waals surface area contributed by atoms with Crippen molar-refractivity contribution < 1.29 is 24.5 Å². The molecule has 106 valence electrons. The molecule has 1 unspecified atom stereocenters. The number of aliphatic hydroxyl groups is 1. The number of aliphatic carboxylic acids is 1. The lowest BCUT2D eigenvalue weighted by molar-refractivity contribution is -0.137. The van der Waals surface area contributed by atoms with Gasteiger partial charge in [0, 0.05) is 32.7 Å². The summed E-state index contributed by atoms with van der Waals surface area (Å²) in [5.41, 5.74) is 0. The third-order valence-electron chi connectivity index (χ3n) is 2.38. The van der Waals surface area contributed by atoms with E-state index in [1.807, 2.05) is 0 Å². The highest BCUT2D eigenvalue weighted by atomic mass is 16.5. The first-order valence-electron chi connectivity index (χ1n) is 5.88. The summed E-state index contributed by atoms with van der Waals surface area (Å²) in [6.45, 7) is 2.61. The average Bonchev–Trinajstić information content (AvgIpc) is 2.31. The van der Waals surface area contributed by atoms with Crippen LogP contribution in [0.3, 0.4) is 0 Å². The van der Waals surface area contributed by atoms with E-state index in [9.17, 15) is 9.59 Å². The van der Waals surface area contributed by atoms with Gasteiger partial charge in [-0.3, -0.25) is 4.79 Å². The molecule has 0 aliphatic rings. The van der Waals surface area contributed by atoms with E-state index >= 15 is 0 Å². The third kappa shape index (κ3) is 7.86. The standard InChI is InChI=1S/C11H22N2O5/c1-9(3-4-10(15)16)12-11(17)13(5-7-14)6-8-18-2/h9,14H,3-8H2,1-2H3,(H,12,17)(H,15,16). The van der Waals surface area contributed by atoms with Crippen molar-refractivity contribution in [2.75, 3.05) is 33.4 Å². The number of carbonyl (C=O) groups is 2. The van der Waals surface area contributed by atoms with Gasteiger partial charge in [0.2, 0.25) is 0 Å². The molecule has 1 atom stereocenters. The van der Waals surface area contributed by atoms with E-state index in [0.29, 0.717) is 19.6 Å². The molecule has 0 aliphatic carbocycles. The Morgan fingerprint density at radius 1 is 1.39 bits per heavy atom. The lowest BCUT2D eigenvalue weighted by Crippen LogP contribution is -2.46. The van der Waals surface area contributed by atoms with Gasteiger partial charge in [-0.25, -0.2) is 4.79 Å². The zero-order valence-electron chi connectivity index (χ0n) is 10.9. The molecule has 0 rings (SSSR count). The minimum atomic E-state index is -0.886. The predicted octanol–water partition coefficient (Wildman–Crippen LogP) is -0.110. The summed E-state index contributed by atoms with van der Waals surface area (Å²) in [5.74, 6) is -0.886. The second-order valence-corrected chi connectivity index (χ2v) is 3.99. The maximum Gasteiger partial charge on any atom is 0.317 e. The van der Waals surface area contributed by atoms with Crippen LogP contribution in [0.25, 0.3) is 0 Å². The summed E-state index contributed by atoms with van der Waals surface area (Å²) in [6, 6.07) is -0.545. The number of carboxylic acid groups (broad SMARTS) is 1. The number of hydrogen-bond acceptors (Lipinski definition) is 4. The van der Waals surface area contributed by atoms with Gasteiger partial charge in [-0.05, 0) is 13.3 Å². The number of nitrogens with one attached hydrogen (secondary N) is 1. The first-order chi connectivity index (χ1) is 8.51. The van der Waals surface area contributed by atoms with E-state index in [1.54, 1.807) is 6.92 Å². The van der Waals surface area contributed by atoms with Crippen molar-refractivity contribution in [2.24, 2.45) is 0 Å². The Balaban J connectivity index is 4.10. The van der Waals surface area contributed by atoms with Crippen LogP contribution in [-0.4, -0.2) is 66.6 Å². The molecule has 0 aromatic carbocycles. The second-order valence-electron chi connectivity index (χ2n) is 3.99. The van der Waals surface area contributed by atoms with Crippen LogP contribution in [0.4, 0.5) is 4.79 Å². The van der Waals surface area contributed by atoms with Gasteiger partial charge in [0.05, 0.1) is 13.2 Å². The van der Waals surface area contributed by atoms with Crippen LogP contribution in [0.2, 0.25) is 0 Å². The number of carbonyl (C=O) groups excluding carboxylic acids is 1. The average molecular weight is 262 g/mol. The minimum Gasteiger partial charge on any atom is -0.481 e. The van der Waals surface area contributed by atoms with E-state index in [-0.39, 0.29) is 31.6 Å². The van der Waals surface area contributed by atoms with E-state index in [0.717, 1.165) is 0 Å². The number of ether oxygens (including phenoxy) is 1. The fourth-order valence-corrected chi connectivity index (χ4v) is 1.35. The highest BCUT2D eigenvalue weighted by Gasteiger charge is 2.15. The maximum absolute atomic E-state index is 11.8. The Labute approximate surface area is 107 Å². The molecule has 0 saturated heterocycles. The molecule has 3 N–H and O–H groups in total. The van der Waals surface area contributed by atoms with Crippen LogP contribution in [0.15, 0.2) is 0 Å². The summed E-state index contributed by atoms with van der Waals surface area (Å²) in [4.78, 5) is 23.6. The Morgan fingerprint density at radius 2 is 2.06 bits per heavy atom. The number of aliphatic hydroxyl groups excluding tert-OH is 1. The number of nitrogens with zero attached hydrogens (tertiary/aromatic N) is 1. The summed E-state index contributed by atoms with van der Waals surface area (Å²) in [7, 11) is 1.53. The van der Waals surface area contributed by atoms with Crippen molar-refractivity contribution in [2.45, 2.75) is 25.8 Å². The van der Waals surface area contributed by atoms with Crippen molar-refractivity contribution in [1.29, 1.82) is 0 Å². The Hall–Kier alpha value is -1.34. The normalized spacial score (nSPS) is 11.9. The molecule has 0 saturated carbocycles. The van der Waals surface area contributed by atoms with Gasteiger partial charge in [0.25, 0.3) is 0 Å². The zero-order chi connectivity index (χ0) is 14.0. The molecular weight excluding hydrogens is 240 g/mol. The van der Waals surface area contributed by atoms with Crippen LogP contribution in [0.5, 0.6) is 0 Å². The van der Waals surface area contributed by atoms with Gasteiger partial charge in [0.1, 0.15) is 0 Å². The van der Waals surface area contributed by atoms with Gasteiger partial charge < -0.3 is 25.2 Å². The quantitative estimate of drug-likeness (QED) is 0.538. The largest absolute Gasteiger partial charge is 0.481 e. The van der Waals surface area contributed by atoms with Crippen LogP contribution in [0.1, 0.15) is 19.8 Å². The van der Waals surface area contributed by atoms with E-state index < -0.39 is 5.97 Å². The van der Waals surface area contributed by atoms with Gasteiger partial charge in [0.15, 0.2) is 0 Å². The lowest BCUT2D eigenvalue weighted by atomic mass is 10.2. The Bertz CT molecular complexity index is 260. The molecule has 2 amide bonds. The first-order valence-corrected chi connectivity index (χ1v) is 5.88. The molecule has 0 bridgehead atoms. The molecule has 0 aromatic heterocycles. The van der Waals surface area contributed by atoms with Crippen molar-refractivity contribution in [3.05, 3.63) is 0 Å². The molecule has 0 heterocycles. The van der Waals surface area contributed by atoms with Crippen LogP contribution in [-0.2, 0) is 9.53 Å². The summed E-state index contributed by atoms with van der Waals surface area (Å²) < 4.78 is 4.87.